The number of hydrogen-bond acceptors (Lipinski definition) is 4. The van der Waals surface area contributed by atoms with Crippen molar-refractivity contribution >= 4 is 20.4 Å². The van der Waals surface area contributed by atoms with Crippen molar-refractivity contribution in [2.24, 2.45) is 0 Å². The van der Waals surface area contributed by atoms with E-state index in [4.69, 9.17) is 0 Å². The van der Waals surface area contributed by atoms with Crippen LogP contribution in [0.5, 0.6) is 0 Å². The van der Waals surface area contributed by atoms with E-state index in [0.29, 0.717) is 11.1 Å². The monoisotopic (exact) mass is 364 g/mol. The Morgan fingerprint density at radius 2 is 1.22 bits per heavy atom. The number of rotatable bonds is 6. The molecule has 23 heavy (non-hydrogen) atoms. The van der Waals surface area contributed by atoms with Gasteiger partial charge in [0.2, 0.25) is 10.4 Å². The average molecular weight is 364 g/mol. The van der Waals surface area contributed by atoms with Crippen molar-refractivity contribution < 1.29 is 20.7 Å². The first kappa shape index (κ1) is 20.1. The summed E-state index contributed by atoms with van der Waals surface area (Å²) < 4.78 is 61.6. The zero-order valence-corrected chi connectivity index (χ0v) is 15.8. The highest BCUT2D eigenvalue weighted by Crippen LogP contribution is 2.37. The Hall–Kier alpha value is -0.990. The fourth-order valence-electron chi connectivity index (χ4n) is 2.34. The predicted molar refractivity (Wildman–Crippen MR) is 89.3 cm³/mol. The van der Waals surface area contributed by atoms with Gasteiger partial charge in [0, 0.05) is 0 Å². The van der Waals surface area contributed by atoms with Crippen LogP contribution in [-0.4, -0.2) is 16.8 Å². The Morgan fingerprint density at radius 3 is 1.48 bits per heavy atom. The summed E-state index contributed by atoms with van der Waals surface area (Å²) in [5.41, 5.74) is 1.85. The third kappa shape index (κ3) is 4.99. The van der Waals surface area contributed by atoms with Crippen LogP contribution in [0, 0.1) is 0 Å². The maximum Gasteiger partial charge on any atom is 0.240 e. The lowest BCUT2D eigenvalue weighted by Crippen LogP contribution is -2.13. The molecule has 0 heterocycles. The van der Waals surface area contributed by atoms with E-state index in [1.807, 2.05) is 13.8 Å². The molecule has 0 fully saturated rings. The van der Waals surface area contributed by atoms with Crippen LogP contribution >= 0.6 is 0 Å². The van der Waals surface area contributed by atoms with E-state index in [0.717, 1.165) is 5.56 Å². The van der Waals surface area contributed by atoms with Crippen LogP contribution in [0.2, 0.25) is 0 Å². The molecule has 1 aromatic carbocycles. The van der Waals surface area contributed by atoms with E-state index >= 15 is 0 Å². The predicted octanol–water partition coefficient (Wildman–Crippen LogP) is 4.33. The molecular formula is C15H23FNO4S2-. The number of hydrogen-bond donors (Lipinski definition) is 0. The number of sulfonamides is 1. The first-order valence-electron chi connectivity index (χ1n) is 7.38. The third-order valence-electron chi connectivity index (χ3n) is 3.52. The van der Waals surface area contributed by atoms with Gasteiger partial charge in [-0.1, -0.05) is 53.7 Å². The summed E-state index contributed by atoms with van der Waals surface area (Å²) in [6, 6.07) is 3.46. The molecule has 0 saturated carbocycles. The molecule has 8 heteroatoms. The lowest BCUT2D eigenvalue weighted by atomic mass is 9.89. The van der Waals surface area contributed by atoms with Crippen molar-refractivity contribution in [3.05, 3.63) is 33.0 Å². The standard InChI is InChI=1S/C15H23FNO4S2/c1-9(2)12-7-13(10(3)4)15(14(8-12)11(5)6)22(18,19)17-23(16,20)21/h7-11H,1-6H3/q-1. The van der Waals surface area contributed by atoms with Crippen molar-refractivity contribution in [1.82, 2.24) is 0 Å². The van der Waals surface area contributed by atoms with Gasteiger partial charge in [-0.25, -0.2) is 16.8 Å². The van der Waals surface area contributed by atoms with Gasteiger partial charge in [0.05, 0.1) is 4.90 Å². The lowest BCUT2D eigenvalue weighted by Gasteiger charge is -2.26. The average Bonchev–Trinajstić information content (AvgIpc) is 2.33. The smallest absolute Gasteiger partial charge is 0.240 e. The van der Waals surface area contributed by atoms with Crippen LogP contribution in [0.25, 0.3) is 4.13 Å². The Morgan fingerprint density at radius 1 is 0.826 bits per heavy atom. The molecular weight excluding hydrogens is 341 g/mol. The normalized spacial score (nSPS) is 13.3. The quantitative estimate of drug-likeness (QED) is 0.703. The Bertz CT molecular complexity index is 753. The van der Waals surface area contributed by atoms with Crippen LogP contribution in [0.1, 0.15) is 76.0 Å². The van der Waals surface area contributed by atoms with Crippen molar-refractivity contribution in [3.8, 4) is 0 Å². The molecule has 0 unspecified atom stereocenters. The zero-order chi connectivity index (χ0) is 18.2. The van der Waals surface area contributed by atoms with Crippen LogP contribution in [-0.2, 0) is 20.4 Å². The summed E-state index contributed by atoms with van der Waals surface area (Å²) in [5.74, 6) is -0.203. The van der Waals surface area contributed by atoms with E-state index in [2.05, 4.69) is 4.13 Å². The summed E-state index contributed by atoms with van der Waals surface area (Å²) in [7, 11) is -10.2. The largest absolute Gasteiger partial charge is 0.403 e. The minimum atomic E-state index is -5.50. The molecule has 0 aliphatic carbocycles. The molecule has 1 aromatic rings. The van der Waals surface area contributed by atoms with Crippen LogP contribution in [0.4, 0.5) is 3.89 Å². The molecule has 0 saturated heterocycles. The molecule has 1 rings (SSSR count). The van der Waals surface area contributed by atoms with Gasteiger partial charge in [-0.2, -0.15) is 0 Å². The fraction of sp³-hybridized carbons (Fsp3) is 0.600. The van der Waals surface area contributed by atoms with Crippen molar-refractivity contribution in [2.75, 3.05) is 0 Å². The van der Waals surface area contributed by atoms with E-state index < -0.39 is 20.4 Å². The highest BCUT2D eigenvalue weighted by Gasteiger charge is 2.23. The number of nitrogens with zero attached hydrogens (tertiary/aromatic N) is 1. The SMILES string of the molecule is CC(C)c1cc(C(C)C)c(S(=O)(=O)[N-]S(=O)(=O)F)c(C(C)C)c1. The first-order valence-corrected chi connectivity index (χ1v) is 10.2. The second-order valence-corrected chi connectivity index (χ2v) is 9.23. The minimum Gasteiger partial charge on any atom is -0.403 e. The van der Waals surface area contributed by atoms with Crippen molar-refractivity contribution in [3.63, 3.8) is 0 Å². The van der Waals surface area contributed by atoms with Crippen molar-refractivity contribution in [2.45, 2.75) is 64.2 Å². The third-order valence-corrected chi connectivity index (χ3v) is 6.01. The summed E-state index contributed by atoms with van der Waals surface area (Å²) in [4.78, 5) is -0.201. The second kappa shape index (κ2) is 6.86. The summed E-state index contributed by atoms with van der Waals surface area (Å²) >= 11 is 0. The van der Waals surface area contributed by atoms with Gasteiger partial charge in [0.25, 0.3) is 0 Å². The van der Waals surface area contributed by atoms with E-state index in [1.165, 1.54) is 0 Å². The maximum atomic E-state index is 12.9. The van der Waals surface area contributed by atoms with Crippen LogP contribution in [0.3, 0.4) is 0 Å². The van der Waals surface area contributed by atoms with Gasteiger partial charge < -0.3 is 4.13 Å². The first-order chi connectivity index (χ1) is 10.3. The molecule has 0 aliphatic heterocycles. The van der Waals surface area contributed by atoms with Gasteiger partial charge in [-0.05, 0) is 34.4 Å². The molecule has 132 valence electrons. The van der Waals surface area contributed by atoms with E-state index in [9.17, 15) is 20.7 Å². The number of halogens is 1. The zero-order valence-electron chi connectivity index (χ0n) is 14.2. The van der Waals surface area contributed by atoms with Crippen molar-refractivity contribution in [1.29, 1.82) is 0 Å². The lowest BCUT2D eigenvalue weighted by molar-refractivity contribution is 0.559. The molecule has 0 bridgehead atoms. The van der Waals surface area contributed by atoms with Gasteiger partial charge in [-0.3, -0.25) is 0 Å². The van der Waals surface area contributed by atoms with Gasteiger partial charge in [0.1, 0.15) is 10.0 Å². The molecule has 0 spiro atoms. The van der Waals surface area contributed by atoms with E-state index in [1.54, 1.807) is 39.8 Å². The maximum absolute atomic E-state index is 12.9. The number of benzene rings is 1. The summed E-state index contributed by atoms with van der Waals surface area (Å²) in [6.07, 6.45) is 0. The van der Waals surface area contributed by atoms with Crippen LogP contribution in [0.15, 0.2) is 17.0 Å². The second-order valence-electron chi connectivity index (χ2n) is 6.45. The topological polar surface area (TPSA) is 82.4 Å². The van der Waals surface area contributed by atoms with Crippen LogP contribution < -0.4 is 0 Å². The Kier molecular flexibility index (Phi) is 5.98. The van der Waals surface area contributed by atoms with Gasteiger partial charge in [-0.15, -0.1) is 3.89 Å². The summed E-state index contributed by atoms with van der Waals surface area (Å²) in [6.45, 7) is 11.2. The highest BCUT2D eigenvalue weighted by molar-refractivity contribution is 8.10. The molecule has 0 aliphatic rings. The molecule has 0 radical (unpaired) electrons. The Balaban J connectivity index is 3.82. The summed E-state index contributed by atoms with van der Waals surface area (Å²) in [5, 5.41) is 0. The molecule has 0 N–H and O–H groups in total. The highest BCUT2D eigenvalue weighted by atomic mass is 32.3. The van der Waals surface area contributed by atoms with Gasteiger partial charge >= 0.3 is 0 Å². The fourth-order valence-corrected chi connectivity index (χ4v) is 4.76. The molecule has 0 atom stereocenters. The molecule has 0 aromatic heterocycles. The van der Waals surface area contributed by atoms with E-state index in [-0.39, 0.29) is 22.6 Å². The Labute approximate surface area is 138 Å². The van der Waals surface area contributed by atoms with Gasteiger partial charge in [0.15, 0.2) is 0 Å². The minimum absolute atomic E-state index is 0.170. The molecule has 5 nitrogen and oxygen atoms in total. The molecule has 0 amide bonds.